The van der Waals surface area contributed by atoms with E-state index in [0.29, 0.717) is 24.1 Å². The third-order valence-electron chi connectivity index (χ3n) is 7.79. The normalized spacial score (nSPS) is 14.6. The number of rotatable bonds is 35. The monoisotopic (exact) mass is 725 g/mol. The van der Waals surface area contributed by atoms with Crippen molar-refractivity contribution in [3.63, 3.8) is 0 Å². The molecule has 0 aromatic carbocycles. The molecule has 9 heteroatoms. The summed E-state index contributed by atoms with van der Waals surface area (Å²) in [5.74, 6) is -0.343. The molecule has 2 unspecified atom stereocenters. The van der Waals surface area contributed by atoms with Gasteiger partial charge in [0, 0.05) is 13.0 Å². The molecule has 0 aliphatic carbocycles. The maximum absolute atomic E-state index is 12.6. The van der Waals surface area contributed by atoms with E-state index >= 15 is 0 Å². The van der Waals surface area contributed by atoms with Crippen LogP contribution in [0.1, 0.15) is 136 Å². The lowest BCUT2D eigenvalue weighted by Crippen LogP contribution is -2.37. The average Bonchev–Trinajstić information content (AvgIpc) is 3.06. The number of nitrogens with zero attached hydrogens (tertiary/aromatic N) is 1. The fourth-order valence-electron chi connectivity index (χ4n) is 4.78. The number of carbonyl (C=O) groups excluding carboxylic acids is 1. The lowest BCUT2D eigenvalue weighted by Gasteiger charge is -2.24. The molecule has 0 saturated carbocycles. The fraction of sp³-hybridized carbons (Fsp3) is 0.732. The Balaban J connectivity index is 4.35. The summed E-state index contributed by atoms with van der Waals surface area (Å²) < 4.78 is 34.8. The minimum absolute atomic E-state index is 0.0794. The van der Waals surface area contributed by atoms with Crippen LogP contribution in [-0.4, -0.2) is 75.6 Å². The van der Waals surface area contributed by atoms with Crippen LogP contribution in [0.5, 0.6) is 0 Å². The van der Waals surface area contributed by atoms with Crippen molar-refractivity contribution >= 4 is 13.8 Å². The SMILES string of the molecule is CC/C=C\C/C=C\C/C=C\C/C=C\CCCCCCC(=O)OC(COCCCCCCCC/C=C\CCC)COP(=O)(O)OCC[N+](C)(C)C. The summed E-state index contributed by atoms with van der Waals surface area (Å²) in [4.78, 5) is 22.8. The molecule has 1 N–H and O–H groups in total. The molecule has 0 aliphatic rings. The molecule has 0 aromatic heterocycles. The molecule has 0 rings (SSSR count). The molecule has 0 amide bonds. The van der Waals surface area contributed by atoms with Crippen molar-refractivity contribution in [2.45, 2.75) is 142 Å². The topological polar surface area (TPSA) is 91.3 Å². The van der Waals surface area contributed by atoms with Crippen molar-refractivity contribution in [1.29, 1.82) is 0 Å². The van der Waals surface area contributed by atoms with E-state index in [1.54, 1.807) is 0 Å². The molecule has 0 aliphatic heterocycles. The number of allylic oxidation sites excluding steroid dienone is 10. The predicted octanol–water partition coefficient (Wildman–Crippen LogP) is 11.0. The minimum Gasteiger partial charge on any atom is -0.457 e. The Bertz CT molecular complexity index is 984. The van der Waals surface area contributed by atoms with Crippen molar-refractivity contribution in [3.8, 4) is 0 Å². The Morgan fingerprint density at radius 3 is 1.76 bits per heavy atom. The van der Waals surface area contributed by atoms with Gasteiger partial charge in [0.1, 0.15) is 19.3 Å². The number of hydrogen-bond donors (Lipinski definition) is 1. The number of ether oxygens (including phenoxy) is 2. The lowest BCUT2D eigenvalue weighted by molar-refractivity contribution is -0.870. The number of esters is 1. The van der Waals surface area contributed by atoms with Gasteiger partial charge in [-0.2, -0.15) is 0 Å². The highest BCUT2D eigenvalue weighted by Crippen LogP contribution is 2.43. The van der Waals surface area contributed by atoms with Crippen LogP contribution >= 0.6 is 7.82 Å². The molecule has 0 radical (unpaired) electrons. The van der Waals surface area contributed by atoms with Crippen molar-refractivity contribution < 1.29 is 37.3 Å². The van der Waals surface area contributed by atoms with Crippen LogP contribution in [0.2, 0.25) is 0 Å². The van der Waals surface area contributed by atoms with Crippen LogP contribution in [-0.2, 0) is 27.9 Å². The first-order chi connectivity index (χ1) is 24.1. The van der Waals surface area contributed by atoms with Gasteiger partial charge in [-0.05, 0) is 70.6 Å². The molecule has 50 heavy (non-hydrogen) atoms. The van der Waals surface area contributed by atoms with Crippen LogP contribution in [0, 0.1) is 0 Å². The standard InChI is InChI=1S/C41H74NO7P/c1-6-8-10-12-14-16-18-19-20-21-22-23-24-26-28-30-32-34-41(43)49-40(39-48-50(44,45)47-37-35-42(3,4)5)38-46-36-33-31-29-27-25-17-15-13-11-9-7-2/h8,10-11,13-14,16,19-20,22-23,40H,6-7,9,12,15,17-18,21,24-39H2,1-5H3/p+1/b10-8-,13-11-,16-14-,20-19-,23-22-. The second-order valence-corrected chi connectivity index (χ2v) is 15.4. The van der Waals surface area contributed by atoms with Crippen molar-refractivity contribution in [3.05, 3.63) is 60.8 Å². The molecule has 0 bridgehead atoms. The summed E-state index contributed by atoms with van der Waals surface area (Å²) in [6.45, 7) is 5.38. The van der Waals surface area contributed by atoms with Gasteiger partial charge in [-0.1, -0.05) is 120 Å². The quantitative estimate of drug-likeness (QED) is 0.0229. The van der Waals surface area contributed by atoms with Gasteiger partial charge in [-0.3, -0.25) is 13.8 Å². The minimum atomic E-state index is -4.28. The van der Waals surface area contributed by atoms with E-state index in [1.165, 1.54) is 44.9 Å². The van der Waals surface area contributed by atoms with Gasteiger partial charge in [-0.25, -0.2) is 4.57 Å². The van der Waals surface area contributed by atoms with E-state index in [0.717, 1.165) is 70.6 Å². The maximum atomic E-state index is 12.6. The first kappa shape index (κ1) is 48.2. The average molecular weight is 725 g/mol. The molecule has 2 atom stereocenters. The van der Waals surface area contributed by atoms with E-state index in [4.69, 9.17) is 18.5 Å². The Hall–Kier alpha value is -1.80. The third kappa shape index (κ3) is 37.5. The van der Waals surface area contributed by atoms with E-state index in [9.17, 15) is 14.3 Å². The molecule has 0 heterocycles. The summed E-state index contributed by atoms with van der Waals surface area (Å²) in [7, 11) is 1.63. The molecule has 290 valence electrons. The Morgan fingerprint density at radius 2 is 1.16 bits per heavy atom. The van der Waals surface area contributed by atoms with Crippen LogP contribution < -0.4 is 0 Å². The molecule has 0 fully saturated rings. The number of likely N-dealkylation sites (N-methyl/N-ethyl adjacent to an activating group) is 1. The van der Waals surface area contributed by atoms with Crippen molar-refractivity contribution in [2.75, 3.05) is 54.1 Å². The van der Waals surface area contributed by atoms with Crippen LogP contribution in [0.15, 0.2) is 60.8 Å². The number of carbonyl (C=O) groups is 1. The molecule has 0 spiro atoms. The number of phosphoric acid groups is 1. The van der Waals surface area contributed by atoms with Crippen LogP contribution in [0.4, 0.5) is 0 Å². The van der Waals surface area contributed by atoms with Crippen molar-refractivity contribution in [1.82, 2.24) is 0 Å². The van der Waals surface area contributed by atoms with Gasteiger partial charge in [0.15, 0.2) is 0 Å². The van der Waals surface area contributed by atoms with Gasteiger partial charge in [0.05, 0.1) is 34.4 Å². The molecular formula is C41H75NO7P+. The number of phosphoric ester groups is 1. The largest absolute Gasteiger partial charge is 0.472 e. The van der Waals surface area contributed by atoms with Gasteiger partial charge in [0.2, 0.25) is 0 Å². The van der Waals surface area contributed by atoms with E-state index in [2.05, 4.69) is 74.6 Å². The highest BCUT2D eigenvalue weighted by Gasteiger charge is 2.26. The lowest BCUT2D eigenvalue weighted by atomic mass is 10.1. The summed E-state index contributed by atoms with van der Waals surface area (Å²) in [5.41, 5.74) is 0. The van der Waals surface area contributed by atoms with Gasteiger partial charge >= 0.3 is 13.8 Å². The number of hydrogen-bond acceptors (Lipinski definition) is 6. The first-order valence-corrected chi connectivity index (χ1v) is 21.0. The zero-order valence-corrected chi connectivity index (χ0v) is 33.5. The maximum Gasteiger partial charge on any atom is 0.472 e. The molecule has 0 saturated heterocycles. The summed E-state index contributed by atoms with van der Waals surface area (Å²) in [6.07, 6.45) is 41.1. The van der Waals surface area contributed by atoms with Gasteiger partial charge in [-0.15, -0.1) is 0 Å². The second-order valence-electron chi connectivity index (χ2n) is 13.9. The fourth-order valence-corrected chi connectivity index (χ4v) is 5.52. The number of unbranched alkanes of at least 4 members (excludes halogenated alkanes) is 11. The Kier molecular flexibility index (Phi) is 33.1. The summed E-state index contributed by atoms with van der Waals surface area (Å²) >= 11 is 0. The zero-order chi connectivity index (χ0) is 37.0. The zero-order valence-electron chi connectivity index (χ0n) is 32.6. The van der Waals surface area contributed by atoms with Gasteiger partial charge in [0.25, 0.3) is 0 Å². The third-order valence-corrected chi connectivity index (χ3v) is 8.78. The predicted molar refractivity (Wildman–Crippen MR) is 210 cm³/mol. The van der Waals surface area contributed by atoms with Crippen LogP contribution in [0.3, 0.4) is 0 Å². The summed E-state index contributed by atoms with van der Waals surface area (Å²) in [6, 6.07) is 0. The molecule has 8 nitrogen and oxygen atoms in total. The molecular weight excluding hydrogens is 649 g/mol. The highest BCUT2D eigenvalue weighted by atomic mass is 31.2. The van der Waals surface area contributed by atoms with Crippen LogP contribution in [0.25, 0.3) is 0 Å². The van der Waals surface area contributed by atoms with E-state index in [-0.39, 0.29) is 25.8 Å². The van der Waals surface area contributed by atoms with Gasteiger partial charge < -0.3 is 18.9 Å². The summed E-state index contributed by atoms with van der Waals surface area (Å²) in [5, 5.41) is 0. The first-order valence-electron chi connectivity index (χ1n) is 19.5. The van der Waals surface area contributed by atoms with Crippen molar-refractivity contribution in [2.24, 2.45) is 0 Å². The molecule has 0 aromatic rings. The van der Waals surface area contributed by atoms with E-state index < -0.39 is 13.9 Å². The van der Waals surface area contributed by atoms with E-state index in [1.807, 2.05) is 21.1 Å². The Morgan fingerprint density at radius 1 is 0.640 bits per heavy atom. The Labute approximate surface area is 307 Å². The number of quaternary nitrogens is 1. The second kappa shape index (κ2) is 34.3. The smallest absolute Gasteiger partial charge is 0.457 e. The highest BCUT2D eigenvalue weighted by molar-refractivity contribution is 7.47.